The van der Waals surface area contributed by atoms with E-state index in [1.807, 2.05) is 0 Å². The van der Waals surface area contributed by atoms with Gasteiger partial charge in [0.1, 0.15) is 11.8 Å². The highest BCUT2D eigenvalue weighted by molar-refractivity contribution is 5.91. The number of aliphatic hydroxyl groups is 1. The molecule has 0 aliphatic carbocycles. The van der Waals surface area contributed by atoms with Crippen LogP contribution in [0.25, 0.3) is 0 Å². The Kier molecular flexibility index (Phi) is 11.6. The Labute approximate surface area is 248 Å². The number of piperidine rings is 1. The summed E-state index contributed by atoms with van der Waals surface area (Å²) in [5.41, 5.74) is 0.784. The lowest BCUT2D eigenvalue weighted by atomic mass is 10.0. The summed E-state index contributed by atoms with van der Waals surface area (Å²) in [7, 11) is 2.10. The van der Waals surface area contributed by atoms with Crippen molar-refractivity contribution in [3.8, 4) is 5.75 Å². The van der Waals surface area contributed by atoms with Gasteiger partial charge in [-0.25, -0.2) is 0 Å². The molecule has 232 valence electrons. The van der Waals surface area contributed by atoms with Gasteiger partial charge in [0.05, 0.1) is 25.1 Å². The highest BCUT2D eigenvalue weighted by Gasteiger charge is 2.30. The van der Waals surface area contributed by atoms with E-state index in [-0.39, 0.29) is 37.8 Å². The molecule has 3 fully saturated rings. The van der Waals surface area contributed by atoms with Crippen LogP contribution in [0, 0.1) is 0 Å². The lowest BCUT2D eigenvalue weighted by Gasteiger charge is -2.30. The smallest absolute Gasteiger partial charge is 0.260 e. The van der Waals surface area contributed by atoms with Crippen molar-refractivity contribution in [2.75, 3.05) is 59.5 Å². The molecule has 0 aromatic heterocycles. The van der Waals surface area contributed by atoms with Crippen molar-refractivity contribution in [2.24, 2.45) is 0 Å². The fraction of sp³-hybridized carbons (Fsp3) is 0.667. The van der Waals surface area contributed by atoms with Crippen LogP contribution in [-0.2, 0) is 25.6 Å². The monoisotopic (exact) mass is 586 g/mol. The molecule has 1 aromatic carbocycles. The molecular formula is C30H46N6O6. The Balaban J connectivity index is 1.35. The van der Waals surface area contributed by atoms with E-state index in [9.17, 15) is 24.3 Å². The molecule has 0 saturated carbocycles. The minimum absolute atomic E-state index is 0.0244. The molecule has 1 aromatic rings. The van der Waals surface area contributed by atoms with Crippen LogP contribution in [0.15, 0.2) is 24.3 Å². The van der Waals surface area contributed by atoms with E-state index in [2.05, 4.69) is 27.9 Å². The molecule has 3 saturated heterocycles. The Morgan fingerprint density at radius 3 is 2.43 bits per heavy atom. The van der Waals surface area contributed by atoms with Crippen LogP contribution < -0.4 is 20.7 Å². The van der Waals surface area contributed by atoms with Crippen LogP contribution >= 0.6 is 0 Å². The molecule has 0 radical (unpaired) electrons. The molecule has 42 heavy (non-hydrogen) atoms. The number of aliphatic hydroxyl groups excluding tert-OH is 1. The average Bonchev–Trinajstić information content (AvgIpc) is 3.51. The molecule has 3 aliphatic heterocycles. The Hall–Kier alpha value is -3.22. The molecule has 3 aliphatic rings. The Morgan fingerprint density at radius 1 is 1.05 bits per heavy atom. The number of amides is 4. The van der Waals surface area contributed by atoms with E-state index in [0.717, 1.165) is 57.4 Å². The maximum atomic E-state index is 13.1. The Morgan fingerprint density at radius 2 is 1.74 bits per heavy atom. The average molecular weight is 587 g/mol. The third kappa shape index (κ3) is 9.40. The van der Waals surface area contributed by atoms with Gasteiger partial charge < -0.3 is 40.5 Å². The molecule has 4 rings (SSSR count). The predicted octanol–water partition coefficient (Wildman–Crippen LogP) is -0.503. The number of nitrogens with one attached hydrogen (secondary N) is 3. The standard InChI is InChI=1S/C30H46N6O6/c1-21-26(37)18-28(39)36(16-11-31-23-9-14-34(2)15-10-23)19-27(38)33-25(30(41)32-21)17-22-5-7-24(8-6-22)42-20-29(40)35-12-3-4-13-35/h5-8,21,23,25-26,31,37H,3-4,9-20H2,1-2H3,(H,32,41)(H,33,38)/t21-,25-,26-/m0/s1. The zero-order valence-corrected chi connectivity index (χ0v) is 24.8. The van der Waals surface area contributed by atoms with Crippen LogP contribution in [0.4, 0.5) is 0 Å². The summed E-state index contributed by atoms with van der Waals surface area (Å²) in [6, 6.07) is 5.85. The maximum Gasteiger partial charge on any atom is 0.260 e. The molecule has 4 N–H and O–H groups in total. The van der Waals surface area contributed by atoms with E-state index < -0.39 is 30.0 Å². The minimum atomic E-state index is -1.08. The maximum absolute atomic E-state index is 13.1. The number of likely N-dealkylation sites (tertiary alicyclic amines) is 2. The normalized spacial score (nSPS) is 25.1. The number of carbonyl (C=O) groups excluding carboxylic acids is 4. The van der Waals surface area contributed by atoms with E-state index in [4.69, 9.17) is 4.74 Å². The summed E-state index contributed by atoms with van der Waals surface area (Å²) in [6.45, 7) is 5.87. The van der Waals surface area contributed by atoms with Gasteiger partial charge in [-0.2, -0.15) is 0 Å². The number of hydrogen-bond donors (Lipinski definition) is 4. The summed E-state index contributed by atoms with van der Waals surface area (Å²) >= 11 is 0. The summed E-state index contributed by atoms with van der Waals surface area (Å²) in [5.74, 6) is -0.693. The van der Waals surface area contributed by atoms with E-state index >= 15 is 0 Å². The second kappa shape index (κ2) is 15.3. The molecule has 12 nitrogen and oxygen atoms in total. The molecule has 12 heteroatoms. The minimum Gasteiger partial charge on any atom is -0.484 e. The van der Waals surface area contributed by atoms with Gasteiger partial charge in [-0.3, -0.25) is 19.2 Å². The first-order chi connectivity index (χ1) is 20.2. The van der Waals surface area contributed by atoms with Gasteiger partial charge in [0.2, 0.25) is 17.7 Å². The number of carbonyl (C=O) groups is 4. The molecule has 0 bridgehead atoms. The van der Waals surface area contributed by atoms with Gasteiger partial charge in [0.25, 0.3) is 5.91 Å². The number of ether oxygens (including phenoxy) is 1. The van der Waals surface area contributed by atoms with Crippen molar-refractivity contribution in [3.05, 3.63) is 29.8 Å². The number of benzene rings is 1. The third-order valence-electron chi connectivity index (χ3n) is 8.39. The summed E-state index contributed by atoms with van der Waals surface area (Å²) < 4.78 is 5.65. The number of hydrogen-bond acceptors (Lipinski definition) is 8. The second-order valence-electron chi connectivity index (χ2n) is 11.8. The highest BCUT2D eigenvalue weighted by Crippen LogP contribution is 2.16. The second-order valence-corrected chi connectivity index (χ2v) is 11.8. The van der Waals surface area contributed by atoms with Crippen molar-refractivity contribution in [3.63, 3.8) is 0 Å². The number of nitrogens with zero attached hydrogens (tertiary/aromatic N) is 3. The highest BCUT2D eigenvalue weighted by atomic mass is 16.5. The van der Waals surface area contributed by atoms with Crippen molar-refractivity contribution in [1.29, 1.82) is 0 Å². The van der Waals surface area contributed by atoms with E-state index in [1.165, 1.54) is 4.90 Å². The fourth-order valence-corrected chi connectivity index (χ4v) is 5.60. The third-order valence-corrected chi connectivity index (χ3v) is 8.39. The molecule has 0 spiro atoms. The van der Waals surface area contributed by atoms with E-state index in [0.29, 0.717) is 24.9 Å². The van der Waals surface area contributed by atoms with Gasteiger partial charge in [-0.1, -0.05) is 12.1 Å². The fourth-order valence-electron chi connectivity index (χ4n) is 5.60. The van der Waals surface area contributed by atoms with Gasteiger partial charge in [0.15, 0.2) is 6.61 Å². The molecular weight excluding hydrogens is 540 g/mol. The summed E-state index contributed by atoms with van der Waals surface area (Å²) in [5, 5.41) is 19.7. The Bertz CT molecular complexity index is 1070. The van der Waals surface area contributed by atoms with Crippen molar-refractivity contribution < 1.29 is 29.0 Å². The first-order valence-corrected chi connectivity index (χ1v) is 15.1. The van der Waals surface area contributed by atoms with Crippen LogP contribution in [0.1, 0.15) is 44.6 Å². The summed E-state index contributed by atoms with van der Waals surface area (Å²) in [6.07, 6.45) is 3.04. The number of rotatable bonds is 9. The topological polar surface area (TPSA) is 144 Å². The first-order valence-electron chi connectivity index (χ1n) is 15.1. The zero-order valence-electron chi connectivity index (χ0n) is 24.8. The van der Waals surface area contributed by atoms with Crippen LogP contribution in [-0.4, -0.2) is 127 Å². The molecule has 4 amide bonds. The van der Waals surface area contributed by atoms with Gasteiger partial charge in [-0.15, -0.1) is 0 Å². The van der Waals surface area contributed by atoms with Crippen molar-refractivity contribution >= 4 is 23.6 Å². The van der Waals surface area contributed by atoms with Crippen LogP contribution in [0.5, 0.6) is 5.75 Å². The predicted molar refractivity (Wildman–Crippen MR) is 157 cm³/mol. The SMILES string of the molecule is C[C@@H]1NC(=O)[C@H](Cc2ccc(OCC(=O)N3CCCC3)cc2)NC(=O)CN(CCNC2CCN(C)CC2)C(=O)C[C@@H]1O. The van der Waals surface area contributed by atoms with Crippen LogP contribution in [0.3, 0.4) is 0 Å². The molecule has 0 unspecified atom stereocenters. The zero-order chi connectivity index (χ0) is 30.1. The first kappa shape index (κ1) is 31.7. The largest absolute Gasteiger partial charge is 0.484 e. The quantitative estimate of drug-likeness (QED) is 0.303. The summed E-state index contributed by atoms with van der Waals surface area (Å²) in [4.78, 5) is 57.0. The van der Waals surface area contributed by atoms with Crippen LogP contribution in [0.2, 0.25) is 0 Å². The van der Waals surface area contributed by atoms with E-state index in [1.54, 1.807) is 36.1 Å². The van der Waals surface area contributed by atoms with Gasteiger partial charge >= 0.3 is 0 Å². The van der Waals surface area contributed by atoms with Crippen molar-refractivity contribution in [1.82, 2.24) is 30.7 Å². The van der Waals surface area contributed by atoms with Gasteiger partial charge in [0, 0.05) is 38.6 Å². The van der Waals surface area contributed by atoms with Gasteiger partial charge in [-0.05, 0) is 70.4 Å². The lowest BCUT2D eigenvalue weighted by molar-refractivity contribution is -0.137. The molecule has 3 heterocycles. The van der Waals surface area contributed by atoms with Crippen molar-refractivity contribution in [2.45, 2.75) is 69.7 Å². The molecule has 3 atom stereocenters. The lowest BCUT2D eigenvalue weighted by Crippen LogP contribution is -2.53.